The van der Waals surface area contributed by atoms with E-state index in [0.29, 0.717) is 0 Å². The summed E-state index contributed by atoms with van der Waals surface area (Å²) in [5.41, 5.74) is 1.81. The molecule has 0 amide bonds. The zero-order chi connectivity index (χ0) is 9.98. The summed E-state index contributed by atoms with van der Waals surface area (Å²) in [5.74, 6) is 0. The molecule has 0 aromatic rings. The molecule has 2 nitrogen and oxygen atoms in total. The van der Waals surface area contributed by atoms with E-state index >= 15 is 0 Å². The second-order valence-corrected chi connectivity index (χ2v) is 2.37. The maximum Gasteiger partial charge on any atom is 0.0820 e. The van der Waals surface area contributed by atoms with E-state index in [9.17, 15) is 0 Å². The largest absolute Gasteiger partial charge is 0.515 e. The van der Waals surface area contributed by atoms with E-state index in [1.807, 2.05) is 19.9 Å². The number of hydrogen-bond donors (Lipinski definition) is 2. The molecular formula is C10H18O2. The van der Waals surface area contributed by atoms with Gasteiger partial charge < -0.3 is 10.2 Å². The topological polar surface area (TPSA) is 40.5 Å². The molecule has 0 aromatic heterocycles. The Morgan fingerprint density at radius 2 is 1.92 bits per heavy atom. The highest BCUT2D eigenvalue weighted by Gasteiger charge is 1.74. The quantitative estimate of drug-likeness (QED) is 0.380. The van der Waals surface area contributed by atoms with Gasteiger partial charge in [0, 0.05) is 0 Å². The minimum absolute atomic E-state index is 0.191. The molecule has 12 heavy (non-hydrogen) atoms. The van der Waals surface area contributed by atoms with Crippen molar-refractivity contribution in [1.82, 2.24) is 0 Å². The lowest BCUT2D eigenvalue weighted by Crippen LogP contribution is -1.79. The van der Waals surface area contributed by atoms with Crippen molar-refractivity contribution in [3.05, 3.63) is 36.1 Å². The van der Waals surface area contributed by atoms with Gasteiger partial charge in [-0.3, -0.25) is 0 Å². The van der Waals surface area contributed by atoms with Crippen LogP contribution in [0.3, 0.4) is 0 Å². The van der Waals surface area contributed by atoms with Crippen molar-refractivity contribution in [2.45, 2.75) is 20.8 Å². The van der Waals surface area contributed by atoms with Gasteiger partial charge in [-0.1, -0.05) is 24.3 Å². The van der Waals surface area contributed by atoms with Gasteiger partial charge in [-0.25, -0.2) is 0 Å². The van der Waals surface area contributed by atoms with Crippen molar-refractivity contribution in [3.63, 3.8) is 0 Å². The van der Waals surface area contributed by atoms with E-state index in [1.165, 1.54) is 0 Å². The van der Waals surface area contributed by atoms with Crippen LogP contribution in [0.5, 0.6) is 0 Å². The fourth-order valence-corrected chi connectivity index (χ4v) is 0.144. The first-order chi connectivity index (χ1) is 5.62. The number of aliphatic hydroxyl groups excluding tert-OH is 2. The lowest BCUT2D eigenvalue weighted by atomic mass is 10.3. The summed E-state index contributed by atoms with van der Waals surface area (Å²) in [4.78, 5) is 0. The Bertz CT molecular complexity index is 167. The summed E-state index contributed by atoms with van der Waals surface area (Å²) in [7, 11) is 0. The maximum absolute atomic E-state index is 8.27. The van der Waals surface area contributed by atoms with Crippen LogP contribution in [0.4, 0.5) is 0 Å². The number of rotatable bonds is 2. The van der Waals surface area contributed by atoms with Crippen LogP contribution in [0.15, 0.2) is 36.1 Å². The third-order valence-corrected chi connectivity index (χ3v) is 1.27. The smallest absolute Gasteiger partial charge is 0.0820 e. The molecule has 0 atom stereocenters. The van der Waals surface area contributed by atoms with Crippen molar-refractivity contribution in [2.24, 2.45) is 0 Å². The minimum atomic E-state index is 0.191. The third-order valence-electron chi connectivity index (χ3n) is 1.27. The van der Waals surface area contributed by atoms with Gasteiger partial charge in [0.15, 0.2) is 0 Å². The molecule has 0 fully saturated rings. The molecular weight excluding hydrogens is 152 g/mol. The molecule has 70 valence electrons. The molecule has 0 unspecified atom stereocenters. The Kier molecular flexibility index (Phi) is 11.3. The fraction of sp³-hybridized carbons (Fsp3) is 0.400. The van der Waals surface area contributed by atoms with E-state index < -0.39 is 0 Å². The van der Waals surface area contributed by atoms with Crippen LogP contribution in [0, 0.1) is 0 Å². The van der Waals surface area contributed by atoms with Gasteiger partial charge in [0.2, 0.25) is 0 Å². The van der Waals surface area contributed by atoms with Crippen molar-refractivity contribution in [3.8, 4) is 0 Å². The molecule has 0 saturated heterocycles. The predicted molar refractivity (Wildman–Crippen MR) is 53.1 cm³/mol. The Morgan fingerprint density at radius 3 is 1.92 bits per heavy atom. The summed E-state index contributed by atoms with van der Waals surface area (Å²) in [6.45, 7) is 9.16. The van der Waals surface area contributed by atoms with Crippen LogP contribution in [-0.2, 0) is 0 Å². The molecule has 0 saturated carbocycles. The molecule has 2 N–H and O–H groups in total. The van der Waals surface area contributed by atoms with Gasteiger partial charge in [0.05, 0.1) is 12.9 Å². The highest BCUT2D eigenvalue weighted by molar-refractivity contribution is 5.08. The van der Waals surface area contributed by atoms with Crippen LogP contribution in [-0.4, -0.2) is 16.8 Å². The van der Waals surface area contributed by atoms with Crippen molar-refractivity contribution in [2.75, 3.05) is 6.61 Å². The molecule has 0 spiro atoms. The molecule has 2 heteroatoms. The summed E-state index contributed by atoms with van der Waals surface area (Å²) in [6.07, 6.45) is 4.49. The summed E-state index contributed by atoms with van der Waals surface area (Å²) < 4.78 is 0. The van der Waals surface area contributed by atoms with E-state index in [1.54, 1.807) is 13.0 Å². The highest BCUT2D eigenvalue weighted by atomic mass is 16.3. The van der Waals surface area contributed by atoms with Gasteiger partial charge >= 0.3 is 0 Å². The molecule has 0 bridgehead atoms. The molecule has 0 heterocycles. The van der Waals surface area contributed by atoms with Crippen LogP contribution in [0.1, 0.15) is 20.8 Å². The summed E-state index contributed by atoms with van der Waals surface area (Å²) in [5, 5.41) is 16.4. The second kappa shape index (κ2) is 9.98. The Balaban J connectivity index is 0. The average Bonchev–Trinajstić information content (AvgIpc) is 2.16. The first kappa shape index (κ1) is 13.6. The Hall–Kier alpha value is -1.02. The van der Waals surface area contributed by atoms with Gasteiger partial charge in [-0.05, 0) is 26.3 Å². The first-order valence-electron chi connectivity index (χ1n) is 3.78. The molecule has 0 aliphatic heterocycles. The summed E-state index contributed by atoms with van der Waals surface area (Å²) in [6, 6.07) is 0. The predicted octanol–water partition coefficient (Wildman–Crippen LogP) is 2.58. The zero-order valence-electron chi connectivity index (χ0n) is 8.04. The van der Waals surface area contributed by atoms with E-state index in [4.69, 9.17) is 10.2 Å². The zero-order valence-corrected chi connectivity index (χ0v) is 8.04. The van der Waals surface area contributed by atoms with Crippen molar-refractivity contribution < 1.29 is 10.2 Å². The highest BCUT2D eigenvalue weighted by Crippen LogP contribution is 1.86. The van der Waals surface area contributed by atoms with Crippen LogP contribution in [0.25, 0.3) is 0 Å². The first-order valence-corrected chi connectivity index (χ1v) is 3.78. The minimum Gasteiger partial charge on any atom is -0.515 e. The number of allylic oxidation sites excluding steroid dienone is 3. The molecule has 0 aliphatic carbocycles. The van der Waals surface area contributed by atoms with E-state index in [0.717, 1.165) is 17.4 Å². The Morgan fingerprint density at radius 1 is 1.42 bits per heavy atom. The van der Waals surface area contributed by atoms with E-state index in [2.05, 4.69) is 6.58 Å². The second-order valence-electron chi connectivity index (χ2n) is 2.37. The molecule has 0 rings (SSSR count). The third kappa shape index (κ3) is 11.7. The van der Waals surface area contributed by atoms with Crippen LogP contribution < -0.4 is 0 Å². The van der Waals surface area contributed by atoms with Gasteiger partial charge in [-0.15, -0.1) is 0 Å². The van der Waals surface area contributed by atoms with Crippen LogP contribution >= 0.6 is 0 Å². The van der Waals surface area contributed by atoms with Crippen molar-refractivity contribution in [1.29, 1.82) is 0 Å². The number of hydrogen-bond acceptors (Lipinski definition) is 2. The summed E-state index contributed by atoms with van der Waals surface area (Å²) >= 11 is 0. The van der Waals surface area contributed by atoms with E-state index in [-0.39, 0.29) is 6.61 Å². The monoisotopic (exact) mass is 170 g/mol. The normalized spacial score (nSPS) is 11.7. The molecule has 0 aliphatic rings. The lowest BCUT2D eigenvalue weighted by molar-refractivity contribution is 0.331. The Labute approximate surface area is 74.5 Å². The molecule has 0 aromatic carbocycles. The maximum atomic E-state index is 8.27. The SMILES string of the molecule is C/C=C(/C)CO.C=C/C(C)=C/O. The number of aliphatic hydroxyl groups is 2. The van der Waals surface area contributed by atoms with Crippen LogP contribution in [0.2, 0.25) is 0 Å². The van der Waals surface area contributed by atoms with Crippen molar-refractivity contribution >= 4 is 0 Å². The standard InChI is InChI=1S/C5H10O.C5H8O/c2*1-3-5(2)4-6/h3,6H,4H2,1-2H3;3-4,6H,1H2,2H3/b5-3-;5-4+. The van der Waals surface area contributed by atoms with Gasteiger partial charge in [-0.2, -0.15) is 0 Å². The van der Waals surface area contributed by atoms with Gasteiger partial charge in [0.25, 0.3) is 0 Å². The fourth-order valence-electron chi connectivity index (χ4n) is 0.144. The lowest BCUT2D eigenvalue weighted by Gasteiger charge is -1.84. The molecule has 0 radical (unpaired) electrons. The average molecular weight is 170 g/mol. The van der Waals surface area contributed by atoms with Gasteiger partial charge in [0.1, 0.15) is 0 Å².